The number of piperidine rings is 1. The number of hydrogen-bond donors (Lipinski definition) is 0. The summed E-state index contributed by atoms with van der Waals surface area (Å²) in [5.41, 5.74) is 0. The molecule has 0 aromatic heterocycles. The van der Waals surface area contributed by atoms with E-state index < -0.39 is 0 Å². The third kappa shape index (κ3) is 2.50. The first-order valence-electron chi connectivity index (χ1n) is 6.42. The normalized spacial score (nSPS) is 45.0. The number of rotatable bonds is 1. The largest absolute Gasteiger partial charge is 0.238 e. The van der Waals surface area contributed by atoms with E-state index in [2.05, 4.69) is 13.8 Å². The summed E-state index contributed by atoms with van der Waals surface area (Å²) in [6.07, 6.45) is 8.59. The van der Waals surface area contributed by atoms with Gasteiger partial charge in [0.05, 0.1) is 0 Å². The predicted octanol–water partition coefficient (Wildman–Crippen LogP) is 3.22. The minimum absolute atomic E-state index is 0.735. The van der Waals surface area contributed by atoms with Crippen molar-refractivity contribution in [3.05, 3.63) is 0 Å². The van der Waals surface area contributed by atoms with Crippen molar-refractivity contribution in [1.29, 1.82) is 0 Å². The molecule has 0 aromatic rings. The van der Waals surface area contributed by atoms with Crippen LogP contribution in [0.25, 0.3) is 0 Å². The Kier molecular flexibility index (Phi) is 3.48. The standard InChI is InChI=1S/C13H24N/c1-10-3-6-12(7-4-10)13-8-5-11(2)9-14-13/h10-13H,3-9H2,1-2H3. The van der Waals surface area contributed by atoms with E-state index in [1.807, 2.05) is 0 Å². The average Bonchev–Trinajstić information content (AvgIpc) is 2.21. The summed E-state index contributed by atoms with van der Waals surface area (Å²) in [7, 11) is 0. The van der Waals surface area contributed by atoms with Gasteiger partial charge in [0.25, 0.3) is 0 Å². The molecule has 0 amide bonds. The topological polar surface area (TPSA) is 14.1 Å². The fourth-order valence-corrected chi connectivity index (χ4v) is 3.01. The number of nitrogens with zero attached hydrogens (tertiary/aromatic N) is 1. The van der Waals surface area contributed by atoms with Crippen molar-refractivity contribution >= 4 is 0 Å². The zero-order valence-electron chi connectivity index (χ0n) is 9.71. The zero-order chi connectivity index (χ0) is 9.97. The molecule has 0 aromatic carbocycles. The molecule has 2 aliphatic rings. The van der Waals surface area contributed by atoms with E-state index in [0.29, 0.717) is 0 Å². The minimum atomic E-state index is 0.735. The van der Waals surface area contributed by atoms with Gasteiger partial charge in [-0.15, -0.1) is 0 Å². The molecular weight excluding hydrogens is 170 g/mol. The molecule has 81 valence electrons. The summed E-state index contributed by atoms with van der Waals surface area (Å²) >= 11 is 0. The Morgan fingerprint density at radius 1 is 0.786 bits per heavy atom. The van der Waals surface area contributed by atoms with Crippen LogP contribution in [-0.4, -0.2) is 12.6 Å². The van der Waals surface area contributed by atoms with Crippen molar-refractivity contribution in [1.82, 2.24) is 5.32 Å². The summed E-state index contributed by atoms with van der Waals surface area (Å²) in [5.74, 6) is 2.78. The molecule has 1 aliphatic carbocycles. The van der Waals surface area contributed by atoms with Crippen LogP contribution in [0.3, 0.4) is 0 Å². The highest BCUT2D eigenvalue weighted by Crippen LogP contribution is 2.33. The van der Waals surface area contributed by atoms with E-state index in [-0.39, 0.29) is 0 Å². The third-order valence-corrected chi connectivity index (χ3v) is 4.21. The van der Waals surface area contributed by atoms with Crippen LogP contribution in [0, 0.1) is 17.8 Å². The van der Waals surface area contributed by atoms with E-state index in [4.69, 9.17) is 5.32 Å². The smallest absolute Gasteiger partial charge is 0.0274 e. The monoisotopic (exact) mass is 194 g/mol. The van der Waals surface area contributed by atoms with Crippen LogP contribution in [0.15, 0.2) is 0 Å². The Labute approximate surface area is 88.7 Å². The van der Waals surface area contributed by atoms with E-state index in [1.165, 1.54) is 38.5 Å². The Bertz CT molecular complexity index is 142. The van der Waals surface area contributed by atoms with Gasteiger partial charge in [-0.3, -0.25) is 0 Å². The maximum absolute atomic E-state index is 4.86. The van der Waals surface area contributed by atoms with Crippen LogP contribution in [0.4, 0.5) is 0 Å². The lowest BCUT2D eigenvalue weighted by molar-refractivity contribution is 0.185. The van der Waals surface area contributed by atoms with Crippen LogP contribution < -0.4 is 5.32 Å². The van der Waals surface area contributed by atoms with Crippen LogP contribution >= 0.6 is 0 Å². The quantitative estimate of drug-likeness (QED) is 0.608. The molecule has 1 nitrogen and oxygen atoms in total. The molecule has 1 saturated heterocycles. The average molecular weight is 194 g/mol. The summed E-state index contributed by atoms with van der Waals surface area (Å²) in [5, 5.41) is 4.86. The molecule has 2 atom stereocenters. The Balaban J connectivity index is 1.78. The fraction of sp³-hybridized carbons (Fsp3) is 1.00. The maximum atomic E-state index is 4.86. The van der Waals surface area contributed by atoms with E-state index in [0.717, 1.165) is 30.3 Å². The predicted molar refractivity (Wildman–Crippen MR) is 60.3 cm³/mol. The van der Waals surface area contributed by atoms with Gasteiger partial charge in [0.1, 0.15) is 0 Å². The Hall–Kier alpha value is -0.0400. The molecule has 1 heterocycles. The molecule has 1 heteroatoms. The zero-order valence-corrected chi connectivity index (χ0v) is 9.71. The Morgan fingerprint density at radius 2 is 1.43 bits per heavy atom. The third-order valence-electron chi connectivity index (χ3n) is 4.21. The lowest BCUT2D eigenvalue weighted by Crippen LogP contribution is -2.39. The SMILES string of the molecule is CC1CCC(C2CCC(C)C[N]2)CC1. The van der Waals surface area contributed by atoms with Crippen molar-refractivity contribution in [3.8, 4) is 0 Å². The highest BCUT2D eigenvalue weighted by Gasteiger charge is 2.29. The van der Waals surface area contributed by atoms with Gasteiger partial charge in [-0.1, -0.05) is 26.7 Å². The first-order valence-corrected chi connectivity index (χ1v) is 6.42. The van der Waals surface area contributed by atoms with Crippen LogP contribution in [-0.2, 0) is 0 Å². The van der Waals surface area contributed by atoms with Crippen molar-refractivity contribution in [2.24, 2.45) is 17.8 Å². The van der Waals surface area contributed by atoms with Gasteiger partial charge in [0, 0.05) is 12.6 Å². The summed E-state index contributed by atoms with van der Waals surface area (Å²) < 4.78 is 0. The fourth-order valence-electron chi connectivity index (χ4n) is 3.01. The van der Waals surface area contributed by atoms with Gasteiger partial charge in [0.15, 0.2) is 0 Å². The van der Waals surface area contributed by atoms with Crippen molar-refractivity contribution < 1.29 is 0 Å². The molecule has 14 heavy (non-hydrogen) atoms. The highest BCUT2D eigenvalue weighted by molar-refractivity contribution is 4.84. The van der Waals surface area contributed by atoms with Gasteiger partial charge < -0.3 is 0 Å². The van der Waals surface area contributed by atoms with Crippen molar-refractivity contribution in [2.75, 3.05) is 6.54 Å². The first-order chi connectivity index (χ1) is 6.75. The van der Waals surface area contributed by atoms with Gasteiger partial charge in [-0.2, -0.15) is 0 Å². The maximum Gasteiger partial charge on any atom is 0.0274 e. The lowest BCUT2D eigenvalue weighted by Gasteiger charge is -2.36. The van der Waals surface area contributed by atoms with Gasteiger partial charge in [-0.05, 0) is 43.4 Å². The summed E-state index contributed by atoms with van der Waals surface area (Å²) in [4.78, 5) is 0. The second-order valence-corrected chi connectivity index (χ2v) is 5.63. The Morgan fingerprint density at radius 3 is 2.00 bits per heavy atom. The van der Waals surface area contributed by atoms with Crippen LogP contribution in [0.2, 0.25) is 0 Å². The molecule has 1 aliphatic heterocycles. The van der Waals surface area contributed by atoms with Gasteiger partial charge >= 0.3 is 0 Å². The van der Waals surface area contributed by atoms with Crippen LogP contribution in [0.5, 0.6) is 0 Å². The van der Waals surface area contributed by atoms with Gasteiger partial charge in [-0.25, -0.2) is 5.32 Å². The van der Waals surface area contributed by atoms with Crippen molar-refractivity contribution in [2.45, 2.75) is 58.4 Å². The molecule has 0 bridgehead atoms. The summed E-state index contributed by atoms with van der Waals surface area (Å²) in [6.45, 7) is 5.87. The lowest BCUT2D eigenvalue weighted by atomic mass is 9.76. The molecular formula is C13H24N. The van der Waals surface area contributed by atoms with Crippen LogP contribution in [0.1, 0.15) is 52.4 Å². The molecule has 0 spiro atoms. The van der Waals surface area contributed by atoms with Gasteiger partial charge in [0.2, 0.25) is 0 Å². The molecule has 2 fully saturated rings. The molecule has 2 unspecified atom stereocenters. The second kappa shape index (κ2) is 4.65. The second-order valence-electron chi connectivity index (χ2n) is 5.63. The number of hydrogen-bond acceptors (Lipinski definition) is 0. The van der Waals surface area contributed by atoms with Crippen molar-refractivity contribution in [3.63, 3.8) is 0 Å². The molecule has 1 saturated carbocycles. The summed E-state index contributed by atoms with van der Waals surface area (Å²) in [6, 6.07) is 0.735. The van der Waals surface area contributed by atoms with E-state index in [1.54, 1.807) is 0 Å². The van der Waals surface area contributed by atoms with E-state index in [9.17, 15) is 0 Å². The highest BCUT2D eigenvalue weighted by atomic mass is 14.9. The molecule has 1 radical (unpaired) electrons. The first kappa shape index (κ1) is 10.5. The minimum Gasteiger partial charge on any atom is -0.238 e. The van der Waals surface area contributed by atoms with E-state index >= 15 is 0 Å². The molecule has 0 N–H and O–H groups in total. The molecule has 2 rings (SSSR count).